The van der Waals surface area contributed by atoms with Crippen LogP contribution < -0.4 is 15.4 Å². The minimum atomic E-state index is -0.644. The second-order valence-electron chi connectivity index (χ2n) is 12.2. The normalized spacial score (nSPS) is 33.6. The van der Waals surface area contributed by atoms with Crippen LogP contribution in [-0.4, -0.2) is 54.2 Å². The SMILES string of the molecule is COc1ccc(CNC(=O)C[C@@H]2[C@H](O)CC[C@H]3[C@](C)(CO)[C@H](OC(=O)NC4CCCCC4)CC[C@]32C)cc1. The number of fused-ring (bicyclic) bond motifs is 1. The highest BCUT2D eigenvalue weighted by atomic mass is 16.6. The molecule has 1 aromatic carbocycles. The molecule has 0 saturated heterocycles. The second-order valence-corrected chi connectivity index (χ2v) is 12.2. The lowest BCUT2D eigenvalue weighted by atomic mass is 9.46. The molecule has 2 amide bonds. The van der Waals surface area contributed by atoms with Gasteiger partial charge in [-0.3, -0.25) is 4.79 Å². The van der Waals surface area contributed by atoms with E-state index in [1.807, 2.05) is 31.2 Å². The summed E-state index contributed by atoms with van der Waals surface area (Å²) in [5.41, 5.74) is -0.0225. The van der Waals surface area contributed by atoms with E-state index in [0.29, 0.717) is 19.4 Å². The van der Waals surface area contributed by atoms with Crippen molar-refractivity contribution >= 4 is 12.0 Å². The largest absolute Gasteiger partial charge is 0.497 e. The number of alkyl carbamates (subject to hydrolysis) is 1. The summed E-state index contributed by atoms with van der Waals surface area (Å²) in [6.07, 6.45) is 6.88. The van der Waals surface area contributed by atoms with Gasteiger partial charge in [-0.15, -0.1) is 0 Å². The summed E-state index contributed by atoms with van der Waals surface area (Å²) in [7, 11) is 1.62. The highest BCUT2D eigenvalue weighted by molar-refractivity contribution is 5.76. The van der Waals surface area contributed by atoms with Gasteiger partial charge in [0.15, 0.2) is 0 Å². The third-order valence-electron chi connectivity index (χ3n) is 9.91. The molecule has 3 saturated carbocycles. The van der Waals surface area contributed by atoms with E-state index in [1.54, 1.807) is 7.11 Å². The van der Waals surface area contributed by atoms with Crippen LogP contribution in [0.5, 0.6) is 5.75 Å². The molecule has 4 rings (SSSR count). The van der Waals surface area contributed by atoms with E-state index in [0.717, 1.165) is 49.8 Å². The summed E-state index contributed by atoms with van der Waals surface area (Å²) in [5.74, 6) is 0.453. The molecule has 4 N–H and O–H groups in total. The van der Waals surface area contributed by atoms with Crippen LogP contribution in [0.3, 0.4) is 0 Å². The summed E-state index contributed by atoms with van der Waals surface area (Å²) in [4.78, 5) is 25.8. The third kappa shape index (κ3) is 6.12. The Morgan fingerprint density at radius 2 is 1.74 bits per heavy atom. The van der Waals surface area contributed by atoms with Crippen molar-refractivity contribution in [2.45, 2.75) is 103 Å². The first-order valence-corrected chi connectivity index (χ1v) is 14.4. The number of carbonyl (C=O) groups excluding carboxylic acids is 2. The molecular weight excluding hydrogens is 484 g/mol. The van der Waals surface area contributed by atoms with Crippen molar-refractivity contribution in [3.63, 3.8) is 0 Å². The molecule has 8 nitrogen and oxygen atoms in total. The van der Waals surface area contributed by atoms with E-state index in [1.165, 1.54) is 6.42 Å². The fraction of sp³-hybridized carbons (Fsp3) is 0.733. The van der Waals surface area contributed by atoms with Crippen LogP contribution in [-0.2, 0) is 16.1 Å². The van der Waals surface area contributed by atoms with Crippen molar-refractivity contribution in [3.8, 4) is 5.75 Å². The number of rotatable bonds is 8. The molecule has 0 spiro atoms. The Morgan fingerprint density at radius 1 is 1.03 bits per heavy atom. The molecule has 0 aliphatic heterocycles. The van der Waals surface area contributed by atoms with Crippen molar-refractivity contribution in [2.75, 3.05) is 13.7 Å². The Balaban J connectivity index is 1.40. The van der Waals surface area contributed by atoms with Gasteiger partial charge >= 0.3 is 6.09 Å². The van der Waals surface area contributed by atoms with Crippen LogP contribution in [0.2, 0.25) is 0 Å². The molecular formula is C30H46N2O6. The molecule has 0 radical (unpaired) electrons. The van der Waals surface area contributed by atoms with Crippen LogP contribution in [0.25, 0.3) is 0 Å². The average Bonchev–Trinajstić information content (AvgIpc) is 2.92. The maximum absolute atomic E-state index is 13.0. The Kier molecular flexibility index (Phi) is 9.24. The highest BCUT2D eigenvalue weighted by Gasteiger charge is 2.60. The lowest BCUT2D eigenvalue weighted by molar-refractivity contribution is -0.186. The predicted molar refractivity (Wildman–Crippen MR) is 144 cm³/mol. The maximum Gasteiger partial charge on any atom is 0.407 e. The zero-order chi connectivity index (χ0) is 27.3. The maximum atomic E-state index is 13.0. The van der Waals surface area contributed by atoms with Crippen LogP contribution in [0.15, 0.2) is 24.3 Å². The average molecular weight is 531 g/mol. The molecule has 3 fully saturated rings. The smallest absolute Gasteiger partial charge is 0.407 e. The van der Waals surface area contributed by atoms with Gasteiger partial charge in [0.25, 0.3) is 0 Å². The number of hydrogen-bond acceptors (Lipinski definition) is 6. The van der Waals surface area contributed by atoms with Gasteiger partial charge in [0.2, 0.25) is 5.91 Å². The van der Waals surface area contributed by atoms with E-state index >= 15 is 0 Å². The van der Waals surface area contributed by atoms with Crippen molar-refractivity contribution in [1.29, 1.82) is 0 Å². The summed E-state index contributed by atoms with van der Waals surface area (Å²) in [6.45, 7) is 4.45. The number of carbonyl (C=O) groups is 2. The number of benzene rings is 1. The lowest BCUT2D eigenvalue weighted by Gasteiger charge is -2.60. The molecule has 6 atom stereocenters. The van der Waals surface area contributed by atoms with Crippen molar-refractivity contribution in [2.24, 2.45) is 22.7 Å². The third-order valence-corrected chi connectivity index (χ3v) is 9.91. The van der Waals surface area contributed by atoms with Crippen molar-refractivity contribution in [1.82, 2.24) is 10.6 Å². The molecule has 212 valence electrons. The van der Waals surface area contributed by atoms with Crippen molar-refractivity contribution in [3.05, 3.63) is 29.8 Å². The predicted octanol–water partition coefficient (Wildman–Crippen LogP) is 4.31. The molecule has 3 aliphatic carbocycles. The fourth-order valence-corrected chi connectivity index (χ4v) is 7.57. The number of ether oxygens (including phenoxy) is 2. The Morgan fingerprint density at radius 3 is 2.39 bits per heavy atom. The Labute approximate surface area is 226 Å². The minimum absolute atomic E-state index is 0.0176. The number of methoxy groups -OCH3 is 1. The molecule has 3 aliphatic rings. The zero-order valence-corrected chi connectivity index (χ0v) is 23.2. The molecule has 0 unspecified atom stereocenters. The summed E-state index contributed by atoms with van der Waals surface area (Å²) in [6, 6.07) is 7.73. The molecule has 0 heterocycles. The first-order chi connectivity index (χ1) is 18.2. The van der Waals surface area contributed by atoms with Crippen LogP contribution in [0.4, 0.5) is 4.79 Å². The van der Waals surface area contributed by atoms with Gasteiger partial charge in [0, 0.05) is 24.4 Å². The number of nitrogens with one attached hydrogen (secondary N) is 2. The van der Waals surface area contributed by atoms with Gasteiger partial charge in [0.05, 0.1) is 19.8 Å². The van der Waals surface area contributed by atoms with Crippen LogP contribution in [0, 0.1) is 22.7 Å². The number of aliphatic hydroxyl groups is 2. The van der Waals surface area contributed by atoms with E-state index in [2.05, 4.69) is 17.6 Å². The highest BCUT2D eigenvalue weighted by Crippen LogP contribution is 2.61. The fourth-order valence-electron chi connectivity index (χ4n) is 7.57. The topological polar surface area (TPSA) is 117 Å². The van der Waals surface area contributed by atoms with Crippen LogP contribution >= 0.6 is 0 Å². The summed E-state index contributed by atoms with van der Waals surface area (Å²) >= 11 is 0. The van der Waals surface area contributed by atoms with Gasteiger partial charge in [-0.05, 0) is 73.5 Å². The molecule has 0 bridgehead atoms. The van der Waals surface area contributed by atoms with E-state index in [4.69, 9.17) is 9.47 Å². The van der Waals surface area contributed by atoms with Crippen LogP contribution in [0.1, 0.15) is 83.6 Å². The minimum Gasteiger partial charge on any atom is -0.497 e. The van der Waals surface area contributed by atoms with E-state index in [9.17, 15) is 19.8 Å². The number of amides is 2. The lowest BCUT2D eigenvalue weighted by Crippen LogP contribution is -2.61. The van der Waals surface area contributed by atoms with Gasteiger partial charge in [-0.1, -0.05) is 45.2 Å². The standard InChI is InChI=1S/C30H46N2O6/c1-29-16-15-26(38-28(36)32-21-7-5-4-6-8-21)30(2,19-33)25(29)14-13-24(34)23(29)17-27(35)31-18-20-9-11-22(37-3)12-10-20/h9-12,21,23-26,33-34H,4-8,13-19H2,1-3H3,(H,31,35)(H,32,36)/t23-,24-,25-,26-,29+,30+/m1/s1. The zero-order valence-electron chi connectivity index (χ0n) is 23.2. The van der Waals surface area contributed by atoms with Gasteiger partial charge < -0.3 is 30.3 Å². The monoisotopic (exact) mass is 530 g/mol. The molecule has 8 heteroatoms. The number of hydrogen-bond donors (Lipinski definition) is 4. The molecule has 1 aromatic rings. The van der Waals surface area contributed by atoms with E-state index in [-0.39, 0.29) is 42.2 Å². The first kappa shape index (κ1) is 28.7. The Hall–Kier alpha value is -2.32. The summed E-state index contributed by atoms with van der Waals surface area (Å²) in [5, 5.41) is 27.7. The molecule has 0 aromatic heterocycles. The number of aliphatic hydroxyl groups excluding tert-OH is 2. The summed E-state index contributed by atoms with van der Waals surface area (Å²) < 4.78 is 11.2. The first-order valence-electron chi connectivity index (χ1n) is 14.4. The Bertz CT molecular complexity index is 949. The van der Waals surface area contributed by atoms with Gasteiger partial charge in [-0.25, -0.2) is 4.79 Å². The van der Waals surface area contributed by atoms with Crippen molar-refractivity contribution < 1.29 is 29.3 Å². The van der Waals surface area contributed by atoms with Gasteiger partial charge in [0.1, 0.15) is 11.9 Å². The quantitative estimate of drug-likeness (QED) is 0.398. The second kappa shape index (κ2) is 12.2. The van der Waals surface area contributed by atoms with Gasteiger partial charge in [-0.2, -0.15) is 0 Å². The van der Waals surface area contributed by atoms with E-state index < -0.39 is 23.7 Å². The molecule has 38 heavy (non-hydrogen) atoms.